The van der Waals surface area contributed by atoms with Gasteiger partial charge in [-0.1, -0.05) is 139 Å². The highest BCUT2D eigenvalue weighted by atomic mass is 16.3. The lowest BCUT2D eigenvalue weighted by Gasteiger charge is -2.19. The van der Waals surface area contributed by atoms with Crippen LogP contribution >= 0.6 is 0 Å². The molecule has 0 amide bonds. The molecule has 0 fully saturated rings. The summed E-state index contributed by atoms with van der Waals surface area (Å²) in [6.45, 7) is 0. The minimum Gasteiger partial charge on any atom is -0.456 e. The van der Waals surface area contributed by atoms with Crippen LogP contribution in [0.3, 0.4) is 0 Å². The zero-order chi connectivity index (χ0) is 32.7. The molecule has 200 valence electrons. The van der Waals surface area contributed by atoms with Crippen LogP contribution in [0.2, 0.25) is 0 Å². The van der Waals surface area contributed by atoms with Crippen LogP contribution in [0, 0.1) is 0 Å². The van der Waals surface area contributed by atoms with Crippen molar-refractivity contribution >= 4 is 54.3 Å². The molecule has 9 rings (SSSR count). The first-order valence-corrected chi connectivity index (χ1v) is 14.4. The second kappa shape index (κ2) is 9.44. The van der Waals surface area contributed by atoms with Crippen LogP contribution in [0.15, 0.2) is 162 Å². The zero-order valence-corrected chi connectivity index (χ0v) is 23.0. The second-order valence-electron chi connectivity index (χ2n) is 10.9. The van der Waals surface area contributed by atoms with Crippen LogP contribution < -0.4 is 0 Å². The molecule has 0 unspecified atom stereocenters. The topological polar surface area (TPSA) is 13.1 Å². The van der Waals surface area contributed by atoms with Crippen LogP contribution in [0.1, 0.15) is 6.85 Å². The van der Waals surface area contributed by atoms with Gasteiger partial charge < -0.3 is 4.42 Å². The Labute approximate surface area is 256 Å². The SMILES string of the molecule is [2H]c1c([2H])c([2H])c(-c2c3ccccc3c(-c3cccc4c(-c5ccc6oc7ccccc7c6c5)cccc34)c3ccccc23)c([2H])c1[2H]. The highest BCUT2D eigenvalue weighted by Crippen LogP contribution is 2.46. The molecule has 0 aliphatic carbocycles. The number of furan rings is 1. The predicted molar refractivity (Wildman–Crippen MR) is 183 cm³/mol. The Morgan fingerprint density at radius 2 is 0.907 bits per heavy atom. The molecule has 0 atom stereocenters. The quantitative estimate of drug-likeness (QED) is 0.199. The smallest absolute Gasteiger partial charge is 0.135 e. The Kier molecular flexibility index (Phi) is 4.27. The first-order valence-electron chi connectivity index (χ1n) is 16.9. The molecule has 1 aromatic heterocycles. The number of fused-ring (bicyclic) bond motifs is 6. The second-order valence-corrected chi connectivity index (χ2v) is 10.9. The Morgan fingerprint density at radius 1 is 0.372 bits per heavy atom. The van der Waals surface area contributed by atoms with Gasteiger partial charge in [-0.25, -0.2) is 0 Å². The Balaban J connectivity index is 1.35. The van der Waals surface area contributed by atoms with Crippen molar-refractivity contribution in [3.05, 3.63) is 158 Å². The summed E-state index contributed by atoms with van der Waals surface area (Å²) in [7, 11) is 0. The van der Waals surface area contributed by atoms with E-state index in [0.717, 1.165) is 76.5 Å². The van der Waals surface area contributed by atoms with Gasteiger partial charge in [0.2, 0.25) is 0 Å². The van der Waals surface area contributed by atoms with Crippen molar-refractivity contribution in [3.8, 4) is 33.4 Å². The van der Waals surface area contributed by atoms with Crippen LogP contribution in [-0.4, -0.2) is 0 Å². The van der Waals surface area contributed by atoms with E-state index in [1.165, 1.54) is 0 Å². The van der Waals surface area contributed by atoms with Gasteiger partial charge in [0.1, 0.15) is 11.2 Å². The van der Waals surface area contributed by atoms with E-state index in [9.17, 15) is 0 Å². The first-order chi connectivity index (χ1) is 23.4. The van der Waals surface area contributed by atoms with E-state index in [4.69, 9.17) is 11.3 Å². The van der Waals surface area contributed by atoms with E-state index in [1.54, 1.807) is 0 Å². The average Bonchev–Trinajstić information content (AvgIpc) is 3.50. The molecule has 0 spiro atoms. The third-order valence-electron chi connectivity index (χ3n) is 8.56. The molecule has 0 saturated carbocycles. The molecule has 0 saturated heterocycles. The fourth-order valence-electron chi connectivity index (χ4n) is 6.74. The molecular formula is C42H26O. The van der Waals surface area contributed by atoms with Crippen molar-refractivity contribution in [3.63, 3.8) is 0 Å². The fourth-order valence-corrected chi connectivity index (χ4v) is 6.74. The first kappa shape index (κ1) is 19.5. The summed E-state index contributed by atoms with van der Waals surface area (Å²) in [6, 6.07) is 41.8. The Bertz CT molecular complexity index is 2710. The average molecular weight is 552 g/mol. The summed E-state index contributed by atoms with van der Waals surface area (Å²) < 4.78 is 48.9. The highest BCUT2D eigenvalue weighted by Gasteiger charge is 2.18. The lowest BCUT2D eigenvalue weighted by Crippen LogP contribution is -1.92. The summed E-state index contributed by atoms with van der Waals surface area (Å²) in [5.41, 5.74) is 6.90. The fraction of sp³-hybridized carbons (Fsp3) is 0. The van der Waals surface area contributed by atoms with E-state index in [0.29, 0.717) is 5.56 Å². The Morgan fingerprint density at radius 3 is 1.60 bits per heavy atom. The monoisotopic (exact) mass is 551 g/mol. The van der Waals surface area contributed by atoms with Gasteiger partial charge in [-0.15, -0.1) is 0 Å². The number of hydrogen-bond acceptors (Lipinski definition) is 1. The van der Waals surface area contributed by atoms with Gasteiger partial charge in [0.25, 0.3) is 0 Å². The van der Waals surface area contributed by atoms with Crippen molar-refractivity contribution in [1.29, 1.82) is 0 Å². The lowest BCUT2D eigenvalue weighted by molar-refractivity contribution is 0.669. The van der Waals surface area contributed by atoms with Gasteiger partial charge >= 0.3 is 0 Å². The van der Waals surface area contributed by atoms with E-state index < -0.39 is 6.04 Å². The third-order valence-corrected chi connectivity index (χ3v) is 8.56. The molecule has 0 N–H and O–H groups in total. The molecule has 0 aliphatic rings. The van der Waals surface area contributed by atoms with Crippen molar-refractivity contribution in [2.75, 3.05) is 0 Å². The summed E-state index contributed by atoms with van der Waals surface area (Å²) >= 11 is 0. The van der Waals surface area contributed by atoms with Crippen LogP contribution in [0.5, 0.6) is 0 Å². The van der Waals surface area contributed by atoms with E-state index >= 15 is 0 Å². The summed E-state index contributed by atoms with van der Waals surface area (Å²) in [5.74, 6) is 0. The summed E-state index contributed by atoms with van der Waals surface area (Å²) in [5, 5.41) is 7.93. The largest absolute Gasteiger partial charge is 0.456 e. The van der Waals surface area contributed by atoms with Crippen LogP contribution in [0.4, 0.5) is 0 Å². The molecule has 1 heterocycles. The maximum Gasteiger partial charge on any atom is 0.135 e. The zero-order valence-electron chi connectivity index (χ0n) is 28.0. The van der Waals surface area contributed by atoms with Crippen molar-refractivity contribution < 1.29 is 11.3 Å². The molecule has 0 bridgehead atoms. The third kappa shape index (κ3) is 3.65. The maximum atomic E-state index is 8.86. The number of para-hydroxylation sites is 1. The van der Waals surface area contributed by atoms with Crippen molar-refractivity contribution in [2.24, 2.45) is 0 Å². The molecule has 0 radical (unpaired) electrons. The number of hydrogen-bond donors (Lipinski definition) is 0. The molecule has 9 aromatic rings. The molecular weight excluding hydrogens is 520 g/mol. The van der Waals surface area contributed by atoms with E-state index in [-0.39, 0.29) is 29.7 Å². The van der Waals surface area contributed by atoms with Crippen molar-refractivity contribution in [1.82, 2.24) is 0 Å². The minimum atomic E-state index is -0.398. The maximum absolute atomic E-state index is 8.86. The molecule has 1 nitrogen and oxygen atoms in total. The molecule has 8 aromatic carbocycles. The van der Waals surface area contributed by atoms with Crippen molar-refractivity contribution in [2.45, 2.75) is 0 Å². The standard InChI is InChI=1S/C42H26O/c1-2-12-27(13-3-1)41-34-15-4-6-17-36(34)42(37-18-7-5-16-35(37)41)33-22-11-20-30-29(19-10-21-31(30)33)28-24-25-40-38(26-28)32-14-8-9-23-39(32)43-40/h1-26H/i1D,2D,3D,12D,13D. The summed E-state index contributed by atoms with van der Waals surface area (Å²) in [4.78, 5) is 0. The normalized spacial score (nSPS) is 13.3. The van der Waals surface area contributed by atoms with Crippen LogP contribution in [-0.2, 0) is 0 Å². The van der Waals surface area contributed by atoms with Gasteiger partial charge in [-0.05, 0) is 83.9 Å². The van der Waals surface area contributed by atoms with E-state index in [2.05, 4.69) is 66.7 Å². The van der Waals surface area contributed by atoms with Gasteiger partial charge in [-0.2, -0.15) is 0 Å². The lowest BCUT2D eigenvalue weighted by atomic mass is 9.84. The molecule has 1 heteroatoms. The molecule has 0 aliphatic heterocycles. The number of benzene rings is 8. The van der Waals surface area contributed by atoms with Gasteiger partial charge in [0.05, 0.1) is 6.85 Å². The summed E-state index contributed by atoms with van der Waals surface area (Å²) in [6.07, 6.45) is 0. The number of rotatable bonds is 3. The van der Waals surface area contributed by atoms with Gasteiger partial charge in [0, 0.05) is 10.8 Å². The Hall–Kier alpha value is -5.66. The molecule has 43 heavy (non-hydrogen) atoms. The van der Waals surface area contributed by atoms with Crippen LogP contribution in [0.25, 0.3) is 87.6 Å². The van der Waals surface area contributed by atoms with Gasteiger partial charge in [-0.3, -0.25) is 0 Å². The highest BCUT2D eigenvalue weighted by molar-refractivity contribution is 6.24. The van der Waals surface area contributed by atoms with Gasteiger partial charge in [0.15, 0.2) is 0 Å². The predicted octanol–water partition coefficient (Wildman–Crippen LogP) is 12.0. The minimum absolute atomic E-state index is 0.207. The van der Waals surface area contributed by atoms with E-state index in [1.807, 2.05) is 60.7 Å².